The second kappa shape index (κ2) is 7.68. The largest absolute Gasteiger partial charge is 0.468 e. The Hall–Kier alpha value is -0.750. The first-order chi connectivity index (χ1) is 10.4. The van der Waals surface area contributed by atoms with Crippen LogP contribution in [0.3, 0.4) is 0 Å². The lowest BCUT2D eigenvalue weighted by molar-refractivity contribution is -0.163. The zero-order valence-electron chi connectivity index (χ0n) is 13.7. The van der Waals surface area contributed by atoms with Gasteiger partial charge in [0.05, 0.1) is 13.7 Å². The lowest BCUT2D eigenvalue weighted by atomic mass is 9.75. The lowest BCUT2D eigenvalue weighted by Gasteiger charge is -2.37. The number of methoxy groups -OCH3 is 1. The summed E-state index contributed by atoms with van der Waals surface area (Å²) in [5.74, 6) is 0.758. The predicted molar refractivity (Wildman–Crippen MR) is 84.4 cm³/mol. The summed E-state index contributed by atoms with van der Waals surface area (Å²) in [4.78, 5) is 23.8. The fourth-order valence-electron chi connectivity index (χ4n) is 3.24. The molecule has 0 radical (unpaired) electrons. The van der Waals surface area contributed by atoms with Crippen molar-refractivity contribution in [1.82, 2.24) is 0 Å². The van der Waals surface area contributed by atoms with Crippen molar-refractivity contribution < 1.29 is 23.8 Å². The zero-order chi connectivity index (χ0) is 16.3. The number of thioether (sulfide) groups is 1. The van der Waals surface area contributed by atoms with Crippen molar-refractivity contribution in [2.24, 2.45) is 17.8 Å². The molecular formula is C16H26O5S. The van der Waals surface area contributed by atoms with Crippen LogP contribution in [-0.2, 0) is 23.8 Å². The third-order valence-corrected chi connectivity index (χ3v) is 5.81. The fraction of sp³-hybridized carbons (Fsp3) is 0.875. The van der Waals surface area contributed by atoms with E-state index in [9.17, 15) is 9.59 Å². The molecule has 6 heteroatoms. The average molecular weight is 330 g/mol. The minimum atomic E-state index is -0.714. The standard InChI is InChI=1S/C16H26O5S/c1-9(2)11-6-5-10(3)7-12(11)21-15(18)16-20-8-13(22-16)14(17)19-4/h9-13,16H,5-8H2,1-4H3/t10-,11-,12-,13+,16+/m1/s1. The van der Waals surface area contributed by atoms with Gasteiger partial charge in [0.2, 0.25) is 5.44 Å². The molecule has 5 nitrogen and oxygen atoms in total. The van der Waals surface area contributed by atoms with Crippen LogP contribution in [0.25, 0.3) is 0 Å². The Morgan fingerprint density at radius 1 is 1.23 bits per heavy atom. The number of carbonyl (C=O) groups is 2. The van der Waals surface area contributed by atoms with Gasteiger partial charge in [-0.1, -0.05) is 27.2 Å². The van der Waals surface area contributed by atoms with Gasteiger partial charge < -0.3 is 14.2 Å². The number of hydrogen-bond donors (Lipinski definition) is 0. The second-order valence-electron chi connectivity index (χ2n) is 6.61. The smallest absolute Gasteiger partial charge is 0.346 e. The SMILES string of the molecule is COC(=O)[C@@H]1CO[C@H](C(=O)O[C@@H]2C[C@H](C)CC[C@@H]2C(C)C)S1. The van der Waals surface area contributed by atoms with E-state index < -0.39 is 10.7 Å². The summed E-state index contributed by atoms with van der Waals surface area (Å²) in [6.07, 6.45) is 3.15. The van der Waals surface area contributed by atoms with E-state index in [2.05, 4.69) is 25.5 Å². The van der Waals surface area contributed by atoms with E-state index in [4.69, 9.17) is 9.47 Å². The van der Waals surface area contributed by atoms with Crippen LogP contribution in [0.1, 0.15) is 40.0 Å². The topological polar surface area (TPSA) is 61.8 Å². The first-order valence-electron chi connectivity index (χ1n) is 7.97. The highest BCUT2D eigenvalue weighted by molar-refractivity contribution is 8.02. The van der Waals surface area contributed by atoms with E-state index in [0.29, 0.717) is 17.8 Å². The Kier molecular flexibility index (Phi) is 6.15. The molecule has 0 bridgehead atoms. The summed E-state index contributed by atoms with van der Waals surface area (Å²) in [5, 5.41) is -0.436. The highest BCUT2D eigenvalue weighted by atomic mass is 32.2. The van der Waals surface area contributed by atoms with Crippen molar-refractivity contribution in [3.63, 3.8) is 0 Å². The highest BCUT2D eigenvalue weighted by Crippen LogP contribution is 2.37. The normalized spacial score (nSPS) is 35.4. The van der Waals surface area contributed by atoms with Gasteiger partial charge in [-0.05, 0) is 30.6 Å². The van der Waals surface area contributed by atoms with Gasteiger partial charge in [-0.2, -0.15) is 0 Å². The van der Waals surface area contributed by atoms with Gasteiger partial charge in [-0.3, -0.25) is 4.79 Å². The van der Waals surface area contributed by atoms with Gasteiger partial charge >= 0.3 is 11.9 Å². The summed E-state index contributed by atoms with van der Waals surface area (Å²) >= 11 is 1.18. The van der Waals surface area contributed by atoms with E-state index in [1.165, 1.54) is 25.3 Å². The van der Waals surface area contributed by atoms with Crippen molar-refractivity contribution in [3.05, 3.63) is 0 Å². The van der Waals surface area contributed by atoms with Crippen LogP contribution in [0.4, 0.5) is 0 Å². The molecule has 0 aromatic carbocycles. The summed E-state index contributed by atoms with van der Waals surface area (Å²) in [6, 6.07) is 0. The van der Waals surface area contributed by atoms with E-state index in [-0.39, 0.29) is 24.6 Å². The number of carbonyl (C=O) groups excluding carboxylic acids is 2. The molecule has 5 atom stereocenters. The summed E-state index contributed by atoms with van der Waals surface area (Å²) in [7, 11) is 1.34. The molecule has 1 aliphatic carbocycles. The molecule has 2 aliphatic rings. The van der Waals surface area contributed by atoms with Crippen molar-refractivity contribution in [2.75, 3.05) is 13.7 Å². The van der Waals surface area contributed by atoms with Crippen LogP contribution in [0.2, 0.25) is 0 Å². The maximum absolute atomic E-state index is 12.3. The minimum absolute atomic E-state index is 0.0439. The molecule has 0 spiro atoms. The van der Waals surface area contributed by atoms with Gasteiger partial charge in [0, 0.05) is 0 Å². The third kappa shape index (κ3) is 4.16. The molecule has 126 valence electrons. The Morgan fingerprint density at radius 3 is 2.59 bits per heavy atom. The molecule has 1 saturated heterocycles. The van der Waals surface area contributed by atoms with Crippen LogP contribution in [0.15, 0.2) is 0 Å². The minimum Gasteiger partial charge on any atom is -0.468 e. The number of rotatable bonds is 4. The van der Waals surface area contributed by atoms with Crippen LogP contribution in [0, 0.1) is 17.8 Å². The number of hydrogen-bond acceptors (Lipinski definition) is 6. The van der Waals surface area contributed by atoms with Gasteiger partial charge in [0.15, 0.2) is 0 Å². The Bertz CT molecular complexity index is 411. The van der Waals surface area contributed by atoms with Crippen LogP contribution in [-0.4, -0.2) is 42.4 Å². The van der Waals surface area contributed by atoms with E-state index >= 15 is 0 Å². The van der Waals surface area contributed by atoms with Gasteiger partial charge in [0.25, 0.3) is 0 Å². The molecule has 1 aliphatic heterocycles. The average Bonchev–Trinajstić information content (AvgIpc) is 2.96. The lowest BCUT2D eigenvalue weighted by Crippen LogP contribution is -2.37. The molecule has 22 heavy (non-hydrogen) atoms. The number of ether oxygens (including phenoxy) is 3. The van der Waals surface area contributed by atoms with Crippen LogP contribution in [0.5, 0.6) is 0 Å². The molecule has 2 fully saturated rings. The van der Waals surface area contributed by atoms with E-state index in [1.54, 1.807) is 0 Å². The van der Waals surface area contributed by atoms with Crippen LogP contribution < -0.4 is 0 Å². The summed E-state index contributed by atoms with van der Waals surface area (Å²) < 4.78 is 15.8. The predicted octanol–water partition coefficient (Wildman–Crippen LogP) is 2.62. The number of esters is 2. The molecule has 1 saturated carbocycles. The van der Waals surface area contributed by atoms with Crippen molar-refractivity contribution in [2.45, 2.75) is 56.8 Å². The van der Waals surface area contributed by atoms with E-state index in [0.717, 1.165) is 12.8 Å². The molecular weight excluding hydrogens is 304 g/mol. The molecule has 0 aromatic heterocycles. The van der Waals surface area contributed by atoms with Crippen molar-refractivity contribution >= 4 is 23.7 Å². The van der Waals surface area contributed by atoms with Gasteiger partial charge in [-0.25, -0.2) is 4.79 Å². The van der Waals surface area contributed by atoms with Crippen LogP contribution >= 0.6 is 11.8 Å². The van der Waals surface area contributed by atoms with Gasteiger partial charge in [0.1, 0.15) is 11.4 Å². The Labute approximate surface area is 136 Å². The highest BCUT2D eigenvalue weighted by Gasteiger charge is 2.40. The molecule has 0 amide bonds. The molecule has 0 N–H and O–H groups in total. The molecule has 0 unspecified atom stereocenters. The van der Waals surface area contributed by atoms with Crippen molar-refractivity contribution in [3.8, 4) is 0 Å². The molecule has 0 aromatic rings. The fourth-order valence-corrected chi connectivity index (χ4v) is 4.22. The van der Waals surface area contributed by atoms with Crippen molar-refractivity contribution in [1.29, 1.82) is 0 Å². The summed E-state index contributed by atoms with van der Waals surface area (Å²) in [5.41, 5.74) is -0.714. The molecule has 1 heterocycles. The van der Waals surface area contributed by atoms with E-state index in [1.807, 2.05) is 0 Å². The monoisotopic (exact) mass is 330 g/mol. The first kappa shape index (κ1) is 17.6. The summed E-state index contributed by atoms with van der Waals surface area (Å²) in [6.45, 7) is 6.75. The maximum atomic E-state index is 12.3. The molecule has 2 rings (SSSR count). The Balaban J connectivity index is 1.91. The third-order valence-electron chi connectivity index (χ3n) is 4.57. The zero-order valence-corrected chi connectivity index (χ0v) is 14.6. The first-order valence-corrected chi connectivity index (χ1v) is 8.92. The van der Waals surface area contributed by atoms with Gasteiger partial charge in [-0.15, -0.1) is 11.8 Å². The quantitative estimate of drug-likeness (QED) is 0.739. The second-order valence-corrected chi connectivity index (χ2v) is 7.88. The maximum Gasteiger partial charge on any atom is 0.346 e. The Morgan fingerprint density at radius 2 is 1.95 bits per heavy atom.